The Morgan fingerprint density at radius 1 is 1.25 bits per heavy atom. The maximum absolute atomic E-state index is 10.4. The molecule has 0 aromatic carbocycles. The van der Waals surface area contributed by atoms with Gasteiger partial charge >= 0.3 is 0 Å². The summed E-state index contributed by atoms with van der Waals surface area (Å²) in [4.78, 5) is 2.55. The molecule has 0 saturated carbocycles. The van der Waals surface area contributed by atoms with Gasteiger partial charge in [-0.3, -0.25) is 0 Å². The predicted molar refractivity (Wildman–Crippen MR) is 69.9 cm³/mol. The zero-order valence-corrected chi connectivity index (χ0v) is 10.9. The van der Waals surface area contributed by atoms with Gasteiger partial charge in [-0.2, -0.15) is 0 Å². The van der Waals surface area contributed by atoms with E-state index in [4.69, 9.17) is 0 Å². The van der Waals surface area contributed by atoms with E-state index >= 15 is 0 Å². The molecule has 0 saturated heterocycles. The van der Waals surface area contributed by atoms with Crippen molar-refractivity contribution >= 4 is 11.3 Å². The monoisotopic (exact) mass is 236 g/mol. The van der Waals surface area contributed by atoms with Crippen LogP contribution in [0.5, 0.6) is 0 Å². The summed E-state index contributed by atoms with van der Waals surface area (Å²) in [5.41, 5.74) is 2.36. The first kappa shape index (κ1) is 11.9. The fourth-order valence-electron chi connectivity index (χ4n) is 2.41. The van der Waals surface area contributed by atoms with Gasteiger partial charge in [-0.15, -0.1) is 11.3 Å². The minimum Gasteiger partial charge on any atom is -0.384 e. The Hall–Kier alpha value is -0.600. The van der Waals surface area contributed by atoms with Crippen LogP contribution in [0.2, 0.25) is 0 Å². The lowest BCUT2D eigenvalue weighted by atomic mass is 9.98. The summed E-state index contributed by atoms with van der Waals surface area (Å²) in [6.07, 6.45) is 7.90. The Balaban J connectivity index is 2.20. The molecule has 1 atom stereocenters. The number of thiophene rings is 1. The average Bonchev–Trinajstić information content (AvgIpc) is 2.49. The molecule has 0 aliphatic heterocycles. The molecule has 2 rings (SSSR count). The van der Waals surface area contributed by atoms with E-state index in [2.05, 4.69) is 26.0 Å². The normalized spacial score (nSPS) is 19.1. The molecule has 0 amide bonds. The van der Waals surface area contributed by atoms with Crippen molar-refractivity contribution in [2.24, 2.45) is 0 Å². The van der Waals surface area contributed by atoms with Crippen LogP contribution in [0.1, 0.15) is 53.5 Å². The number of aryl methyl sites for hydroxylation is 2. The van der Waals surface area contributed by atoms with Crippen LogP contribution < -0.4 is 0 Å². The average molecular weight is 236 g/mol. The van der Waals surface area contributed by atoms with Crippen molar-refractivity contribution in [3.63, 3.8) is 0 Å². The molecule has 2 heteroatoms. The van der Waals surface area contributed by atoms with Gasteiger partial charge in [0.2, 0.25) is 0 Å². The molecule has 0 fully saturated rings. The van der Waals surface area contributed by atoms with Gasteiger partial charge in [-0.1, -0.05) is 12.5 Å². The van der Waals surface area contributed by atoms with Crippen LogP contribution in [-0.2, 0) is 0 Å². The Kier molecular flexibility index (Phi) is 3.82. The van der Waals surface area contributed by atoms with Gasteiger partial charge in [0.25, 0.3) is 0 Å². The van der Waals surface area contributed by atoms with Crippen LogP contribution in [0.15, 0.2) is 17.7 Å². The first-order chi connectivity index (χ1) is 7.68. The van der Waals surface area contributed by atoms with Crippen molar-refractivity contribution in [2.75, 3.05) is 0 Å². The summed E-state index contributed by atoms with van der Waals surface area (Å²) in [6.45, 7) is 4.21. The highest BCUT2D eigenvalue weighted by Crippen LogP contribution is 2.34. The SMILES string of the molecule is Cc1cc(C(O)C2=CCCCCC2)c(C)s1. The van der Waals surface area contributed by atoms with Crippen molar-refractivity contribution in [3.8, 4) is 0 Å². The first-order valence-electron chi connectivity index (χ1n) is 6.12. The molecular weight excluding hydrogens is 216 g/mol. The van der Waals surface area contributed by atoms with Gasteiger partial charge in [-0.25, -0.2) is 0 Å². The van der Waals surface area contributed by atoms with Gasteiger partial charge < -0.3 is 5.11 Å². The third-order valence-corrected chi connectivity index (χ3v) is 4.28. The van der Waals surface area contributed by atoms with Crippen LogP contribution in [-0.4, -0.2) is 5.11 Å². The number of aliphatic hydroxyl groups excluding tert-OH is 1. The van der Waals surface area contributed by atoms with Gasteiger partial charge in [-0.05, 0) is 56.7 Å². The van der Waals surface area contributed by atoms with E-state index < -0.39 is 0 Å². The highest BCUT2D eigenvalue weighted by Gasteiger charge is 2.18. The van der Waals surface area contributed by atoms with E-state index in [9.17, 15) is 5.11 Å². The van der Waals surface area contributed by atoms with E-state index in [1.54, 1.807) is 11.3 Å². The fraction of sp³-hybridized carbons (Fsp3) is 0.571. The lowest BCUT2D eigenvalue weighted by Gasteiger charge is -2.14. The maximum Gasteiger partial charge on any atom is 0.101 e. The second kappa shape index (κ2) is 5.15. The molecule has 88 valence electrons. The summed E-state index contributed by atoms with van der Waals surface area (Å²) >= 11 is 1.78. The number of aliphatic hydroxyl groups is 1. The Morgan fingerprint density at radius 2 is 2.06 bits per heavy atom. The minimum absolute atomic E-state index is 0.358. The van der Waals surface area contributed by atoms with Gasteiger partial charge in [0.1, 0.15) is 6.10 Å². The summed E-state index contributed by atoms with van der Waals surface area (Å²) in [5, 5.41) is 10.4. The third-order valence-electron chi connectivity index (χ3n) is 3.30. The number of allylic oxidation sites excluding steroid dienone is 1. The van der Waals surface area contributed by atoms with Crippen LogP contribution in [0.3, 0.4) is 0 Å². The van der Waals surface area contributed by atoms with Crippen LogP contribution >= 0.6 is 11.3 Å². The summed E-state index contributed by atoms with van der Waals surface area (Å²) < 4.78 is 0. The molecule has 1 aliphatic rings. The molecule has 1 aromatic rings. The second-order valence-corrected chi connectivity index (χ2v) is 6.11. The summed E-state index contributed by atoms with van der Waals surface area (Å²) in [5.74, 6) is 0. The molecule has 1 nitrogen and oxygen atoms in total. The van der Waals surface area contributed by atoms with E-state index in [0.29, 0.717) is 0 Å². The zero-order chi connectivity index (χ0) is 11.5. The first-order valence-corrected chi connectivity index (χ1v) is 6.94. The number of rotatable bonds is 2. The Morgan fingerprint density at radius 3 is 2.75 bits per heavy atom. The Bertz CT molecular complexity index is 389. The molecule has 0 bridgehead atoms. The Labute approximate surface area is 102 Å². The van der Waals surface area contributed by atoms with Crippen molar-refractivity contribution in [2.45, 2.75) is 52.1 Å². The molecule has 1 aromatic heterocycles. The molecule has 16 heavy (non-hydrogen) atoms. The molecule has 1 heterocycles. The van der Waals surface area contributed by atoms with Gasteiger partial charge in [0.05, 0.1) is 0 Å². The van der Waals surface area contributed by atoms with Crippen molar-refractivity contribution < 1.29 is 5.11 Å². The van der Waals surface area contributed by atoms with E-state index in [0.717, 1.165) is 18.4 Å². The second-order valence-electron chi connectivity index (χ2n) is 4.65. The molecule has 1 N–H and O–H groups in total. The van der Waals surface area contributed by atoms with Gasteiger partial charge in [0.15, 0.2) is 0 Å². The van der Waals surface area contributed by atoms with Crippen LogP contribution in [0.25, 0.3) is 0 Å². The van der Waals surface area contributed by atoms with E-state index in [1.165, 1.54) is 34.6 Å². The molecule has 0 radical (unpaired) electrons. The summed E-state index contributed by atoms with van der Waals surface area (Å²) in [6, 6.07) is 2.14. The fourth-order valence-corrected chi connectivity index (χ4v) is 3.37. The summed E-state index contributed by atoms with van der Waals surface area (Å²) in [7, 11) is 0. The van der Waals surface area contributed by atoms with E-state index in [1.807, 2.05) is 0 Å². The lowest BCUT2D eigenvalue weighted by molar-refractivity contribution is 0.210. The predicted octanol–water partition coefficient (Wildman–Crippen LogP) is 4.29. The molecule has 0 spiro atoms. The van der Waals surface area contributed by atoms with Crippen molar-refractivity contribution in [1.29, 1.82) is 0 Å². The number of hydrogen-bond donors (Lipinski definition) is 1. The minimum atomic E-state index is -0.358. The largest absolute Gasteiger partial charge is 0.384 e. The maximum atomic E-state index is 10.4. The third kappa shape index (κ3) is 2.55. The van der Waals surface area contributed by atoms with Crippen molar-refractivity contribution in [3.05, 3.63) is 33.0 Å². The van der Waals surface area contributed by atoms with Crippen LogP contribution in [0, 0.1) is 13.8 Å². The lowest BCUT2D eigenvalue weighted by Crippen LogP contribution is -2.01. The highest BCUT2D eigenvalue weighted by atomic mass is 32.1. The van der Waals surface area contributed by atoms with Gasteiger partial charge in [0, 0.05) is 9.75 Å². The van der Waals surface area contributed by atoms with Crippen LogP contribution in [0.4, 0.5) is 0 Å². The smallest absolute Gasteiger partial charge is 0.101 e. The standard InChI is InChI=1S/C14H20OS/c1-10-9-13(11(2)16-10)14(15)12-7-5-3-4-6-8-12/h7,9,14-15H,3-6,8H2,1-2H3. The number of hydrogen-bond acceptors (Lipinski definition) is 2. The molecular formula is C14H20OS. The zero-order valence-electron chi connectivity index (χ0n) is 10.1. The quantitative estimate of drug-likeness (QED) is 0.759. The molecule has 1 unspecified atom stereocenters. The topological polar surface area (TPSA) is 20.2 Å². The van der Waals surface area contributed by atoms with E-state index in [-0.39, 0.29) is 6.10 Å². The van der Waals surface area contributed by atoms with Crippen molar-refractivity contribution in [1.82, 2.24) is 0 Å². The molecule has 1 aliphatic carbocycles. The highest BCUT2D eigenvalue weighted by molar-refractivity contribution is 7.12.